The number of hydrogen-bond acceptors (Lipinski definition) is 4. The normalized spacial score (nSPS) is 14.7. The molecule has 1 aromatic carbocycles. The van der Waals surface area contributed by atoms with Gasteiger partial charge >= 0.3 is 6.03 Å². The molecule has 1 aromatic heterocycles. The molecule has 0 saturated carbocycles. The summed E-state index contributed by atoms with van der Waals surface area (Å²) in [6.45, 7) is 1.80. The topological polar surface area (TPSA) is 61.4 Å². The fourth-order valence-electron chi connectivity index (χ4n) is 3.03. The van der Waals surface area contributed by atoms with E-state index in [9.17, 15) is 14.0 Å². The van der Waals surface area contributed by atoms with Crippen LogP contribution in [0.3, 0.4) is 0 Å². The molecule has 0 atom stereocenters. The van der Waals surface area contributed by atoms with Gasteiger partial charge in [0.05, 0.1) is 0 Å². The van der Waals surface area contributed by atoms with Gasteiger partial charge in [0.1, 0.15) is 5.82 Å². The molecule has 2 heterocycles. The minimum Gasteiger partial charge on any atom is -0.349 e. The van der Waals surface area contributed by atoms with Gasteiger partial charge in [-0.05, 0) is 35.9 Å². The Bertz CT molecular complexity index is 778. The van der Waals surface area contributed by atoms with Crippen molar-refractivity contribution in [1.29, 1.82) is 0 Å². The second kappa shape index (κ2) is 10.5. The van der Waals surface area contributed by atoms with Gasteiger partial charge in [0.2, 0.25) is 0 Å². The van der Waals surface area contributed by atoms with Crippen molar-refractivity contribution in [2.75, 3.05) is 25.4 Å². The zero-order valence-corrected chi connectivity index (χ0v) is 17.2. The van der Waals surface area contributed by atoms with Gasteiger partial charge in [-0.25, -0.2) is 9.18 Å². The summed E-state index contributed by atoms with van der Waals surface area (Å²) in [5.41, 5.74) is 1.38. The molecule has 28 heavy (non-hydrogen) atoms. The Morgan fingerprint density at radius 1 is 1.21 bits per heavy atom. The number of urea groups is 1. The molecule has 1 aliphatic heterocycles. The highest BCUT2D eigenvalue weighted by atomic mass is 32.2. The zero-order valence-electron chi connectivity index (χ0n) is 15.5. The first-order chi connectivity index (χ1) is 13.6. The maximum atomic E-state index is 13.5. The number of carbonyl (C=O) groups is 2. The lowest BCUT2D eigenvalue weighted by molar-refractivity contribution is 0.0918. The third-order valence-corrected chi connectivity index (χ3v) is 6.33. The molecule has 0 bridgehead atoms. The molecular formula is C20H24FN3O2S2. The van der Waals surface area contributed by atoms with E-state index in [1.807, 2.05) is 22.9 Å². The first kappa shape index (κ1) is 20.7. The molecule has 8 heteroatoms. The van der Waals surface area contributed by atoms with Crippen LogP contribution in [0.4, 0.5) is 9.18 Å². The number of amides is 3. The number of hydrogen-bond donors (Lipinski definition) is 2. The second-order valence-electron chi connectivity index (χ2n) is 6.62. The molecule has 1 fully saturated rings. The van der Waals surface area contributed by atoms with Crippen molar-refractivity contribution in [1.82, 2.24) is 15.5 Å². The van der Waals surface area contributed by atoms with Crippen molar-refractivity contribution in [3.05, 3.63) is 58.0 Å². The third kappa shape index (κ3) is 5.97. The molecule has 5 nitrogen and oxygen atoms in total. The van der Waals surface area contributed by atoms with Gasteiger partial charge in [-0.1, -0.05) is 18.2 Å². The minimum atomic E-state index is -0.187. The van der Waals surface area contributed by atoms with E-state index in [2.05, 4.69) is 10.6 Å². The summed E-state index contributed by atoms with van der Waals surface area (Å²) in [6.07, 6.45) is 1.51. The lowest BCUT2D eigenvalue weighted by Gasteiger charge is -2.32. The van der Waals surface area contributed by atoms with E-state index in [0.29, 0.717) is 36.5 Å². The molecule has 0 unspecified atom stereocenters. The summed E-state index contributed by atoms with van der Waals surface area (Å²) in [5, 5.41) is 9.67. The van der Waals surface area contributed by atoms with Crippen LogP contribution >= 0.6 is 23.1 Å². The highest BCUT2D eigenvalue weighted by molar-refractivity contribution is 7.98. The highest BCUT2D eigenvalue weighted by Gasteiger charge is 2.24. The molecule has 3 rings (SSSR count). The molecule has 150 valence electrons. The number of halogens is 1. The predicted molar refractivity (Wildman–Crippen MR) is 112 cm³/mol. The highest BCUT2D eigenvalue weighted by Crippen LogP contribution is 2.15. The van der Waals surface area contributed by atoms with E-state index in [-0.39, 0.29) is 23.8 Å². The first-order valence-corrected chi connectivity index (χ1v) is 11.4. The Morgan fingerprint density at radius 3 is 2.71 bits per heavy atom. The number of nitrogens with zero attached hydrogens (tertiary/aromatic N) is 1. The number of benzene rings is 1. The van der Waals surface area contributed by atoms with Crippen molar-refractivity contribution >= 4 is 35.0 Å². The molecule has 1 aliphatic rings. The molecule has 2 N–H and O–H groups in total. The average molecular weight is 422 g/mol. The van der Waals surface area contributed by atoms with Crippen LogP contribution in [-0.4, -0.2) is 48.3 Å². The van der Waals surface area contributed by atoms with E-state index in [4.69, 9.17) is 0 Å². The van der Waals surface area contributed by atoms with E-state index < -0.39 is 0 Å². The van der Waals surface area contributed by atoms with E-state index in [0.717, 1.165) is 18.6 Å². The fraction of sp³-hybridized carbons (Fsp3) is 0.400. The van der Waals surface area contributed by atoms with Crippen LogP contribution in [0.25, 0.3) is 0 Å². The summed E-state index contributed by atoms with van der Waals surface area (Å²) in [7, 11) is 0. The van der Waals surface area contributed by atoms with Gasteiger partial charge in [-0.15, -0.1) is 0 Å². The van der Waals surface area contributed by atoms with E-state index in [1.54, 1.807) is 28.8 Å². The van der Waals surface area contributed by atoms with Crippen LogP contribution in [-0.2, 0) is 5.75 Å². The number of rotatable bonds is 7. The Labute approximate surface area is 172 Å². The zero-order chi connectivity index (χ0) is 19.8. The minimum absolute atomic E-state index is 0.0453. The molecule has 2 aromatic rings. The number of carbonyl (C=O) groups excluding carboxylic acids is 2. The Balaban J connectivity index is 1.30. The van der Waals surface area contributed by atoms with Crippen LogP contribution in [0, 0.1) is 5.82 Å². The summed E-state index contributed by atoms with van der Waals surface area (Å²) in [4.78, 5) is 26.1. The second-order valence-corrected chi connectivity index (χ2v) is 8.51. The summed E-state index contributed by atoms with van der Waals surface area (Å²) in [6, 6.07) is 8.59. The standard InChI is InChI=1S/C20H24FN3O2S2/c21-18-4-2-1-3-15(18)13-28-12-8-22-20(26)24-9-5-17(6-10-24)23-19(25)16-7-11-27-14-16/h1-4,7,11,14,17H,5-6,8-10,12-13H2,(H,22,26)(H,23,25). The molecule has 0 spiro atoms. The Morgan fingerprint density at radius 2 is 2.00 bits per heavy atom. The first-order valence-electron chi connectivity index (χ1n) is 9.30. The Kier molecular flexibility index (Phi) is 7.73. The predicted octanol–water partition coefficient (Wildman–Crippen LogP) is 3.72. The number of thioether (sulfide) groups is 1. The van der Waals surface area contributed by atoms with Crippen LogP contribution in [0.15, 0.2) is 41.1 Å². The van der Waals surface area contributed by atoms with Gasteiger partial charge in [0.15, 0.2) is 0 Å². The van der Waals surface area contributed by atoms with Gasteiger partial charge < -0.3 is 15.5 Å². The van der Waals surface area contributed by atoms with Crippen LogP contribution in [0.5, 0.6) is 0 Å². The molecule has 0 radical (unpaired) electrons. The Hall–Kier alpha value is -2.06. The van der Waals surface area contributed by atoms with Crippen LogP contribution in [0.2, 0.25) is 0 Å². The molecule has 0 aliphatic carbocycles. The summed E-state index contributed by atoms with van der Waals surface area (Å²) >= 11 is 3.10. The van der Waals surface area contributed by atoms with Crippen molar-refractivity contribution in [3.63, 3.8) is 0 Å². The van der Waals surface area contributed by atoms with Crippen LogP contribution < -0.4 is 10.6 Å². The monoisotopic (exact) mass is 421 g/mol. The van der Waals surface area contributed by atoms with Gasteiger partial charge in [-0.3, -0.25) is 4.79 Å². The van der Waals surface area contributed by atoms with E-state index in [1.165, 1.54) is 17.4 Å². The van der Waals surface area contributed by atoms with Crippen molar-refractivity contribution in [3.8, 4) is 0 Å². The lowest BCUT2D eigenvalue weighted by atomic mass is 10.0. The maximum absolute atomic E-state index is 13.5. The smallest absolute Gasteiger partial charge is 0.317 e. The fourth-order valence-corrected chi connectivity index (χ4v) is 4.51. The lowest BCUT2D eigenvalue weighted by Crippen LogP contribution is -2.49. The van der Waals surface area contributed by atoms with Gasteiger partial charge in [-0.2, -0.15) is 23.1 Å². The average Bonchev–Trinajstić information content (AvgIpc) is 3.24. The molecular weight excluding hydrogens is 397 g/mol. The van der Waals surface area contributed by atoms with Crippen molar-refractivity contribution in [2.24, 2.45) is 0 Å². The van der Waals surface area contributed by atoms with Crippen LogP contribution in [0.1, 0.15) is 28.8 Å². The molecule has 1 saturated heterocycles. The van der Waals surface area contributed by atoms with Gasteiger partial charge in [0.25, 0.3) is 5.91 Å². The third-order valence-electron chi connectivity index (χ3n) is 4.64. The van der Waals surface area contributed by atoms with Gasteiger partial charge in [0, 0.05) is 48.1 Å². The largest absolute Gasteiger partial charge is 0.349 e. The molecule has 3 amide bonds. The number of likely N-dealkylation sites (tertiary alicyclic amines) is 1. The number of thiophene rings is 1. The summed E-state index contributed by atoms with van der Waals surface area (Å²) in [5.74, 6) is 1.09. The maximum Gasteiger partial charge on any atom is 0.317 e. The summed E-state index contributed by atoms with van der Waals surface area (Å²) < 4.78 is 13.5. The number of nitrogens with one attached hydrogen (secondary N) is 2. The van der Waals surface area contributed by atoms with E-state index >= 15 is 0 Å². The SMILES string of the molecule is O=C(NC1CCN(C(=O)NCCSCc2ccccc2F)CC1)c1ccsc1. The van der Waals surface area contributed by atoms with Crippen molar-refractivity contribution < 1.29 is 14.0 Å². The quantitative estimate of drug-likeness (QED) is 0.670. The van der Waals surface area contributed by atoms with Crippen molar-refractivity contribution in [2.45, 2.75) is 24.6 Å². The number of piperidine rings is 1.